The van der Waals surface area contributed by atoms with Crippen LogP contribution in [0.4, 0.5) is 0 Å². The summed E-state index contributed by atoms with van der Waals surface area (Å²) in [6.07, 6.45) is 3.14. The number of nitrogens with zero attached hydrogens (tertiary/aromatic N) is 1. The van der Waals surface area contributed by atoms with Crippen LogP contribution in [0, 0.1) is 5.92 Å². The number of carboxylic acid groups (broad SMARTS) is 1. The van der Waals surface area contributed by atoms with Gasteiger partial charge in [0.2, 0.25) is 0 Å². The number of aliphatic carboxylic acids is 1. The molecule has 0 spiro atoms. The van der Waals surface area contributed by atoms with E-state index in [0.717, 1.165) is 12.8 Å². The Labute approximate surface area is 119 Å². The third kappa shape index (κ3) is 3.69. The highest BCUT2D eigenvalue weighted by Crippen LogP contribution is 2.22. The fourth-order valence-corrected chi connectivity index (χ4v) is 4.36. The van der Waals surface area contributed by atoms with E-state index in [1.54, 1.807) is 0 Å². The van der Waals surface area contributed by atoms with Crippen molar-refractivity contribution in [2.45, 2.75) is 50.7 Å². The van der Waals surface area contributed by atoms with Crippen LogP contribution in [0.2, 0.25) is 0 Å². The van der Waals surface area contributed by atoms with Crippen LogP contribution in [-0.2, 0) is 15.0 Å². The van der Waals surface area contributed by atoms with Crippen molar-refractivity contribution in [1.82, 2.24) is 9.03 Å². The Morgan fingerprint density at radius 2 is 1.70 bits per heavy atom. The Balaban J connectivity index is 1.92. The van der Waals surface area contributed by atoms with E-state index in [4.69, 9.17) is 5.11 Å². The molecule has 2 aliphatic rings. The summed E-state index contributed by atoms with van der Waals surface area (Å²) in [6.45, 7) is 0.435. The Kier molecular flexibility index (Phi) is 5.00. The molecule has 0 unspecified atom stereocenters. The van der Waals surface area contributed by atoms with Gasteiger partial charge in [0.25, 0.3) is 10.2 Å². The minimum atomic E-state index is -3.63. The van der Waals surface area contributed by atoms with Gasteiger partial charge in [-0.2, -0.15) is 17.4 Å². The van der Waals surface area contributed by atoms with Crippen molar-refractivity contribution in [1.29, 1.82) is 0 Å². The summed E-state index contributed by atoms with van der Waals surface area (Å²) in [6, 6.07) is -0.425. The van der Waals surface area contributed by atoms with Crippen LogP contribution >= 0.6 is 0 Å². The molecule has 0 aromatic heterocycles. The zero-order valence-corrected chi connectivity index (χ0v) is 12.2. The summed E-state index contributed by atoms with van der Waals surface area (Å²) in [7, 11) is -3.63. The smallest absolute Gasteiger partial charge is 0.306 e. The maximum absolute atomic E-state index is 12.2. The molecule has 20 heavy (non-hydrogen) atoms. The summed E-state index contributed by atoms with van der Waals surface area (Å²) in [5, 5.41) is 18.7. The van der Waals surface area contributed by atoms with E-state index in [1.807, 2.05) is 0 Å². The lowest BCUT2D eigenvalue weighted by molar-refractivity contribution is -0.142. The summed E-state index contributed by atoms with van der Waals surface area (Å²) in [4.78, 5) is 10.9. The second-order valence-corrected chi connectivity index (χ2v) is 7.29. The normalized spacial score (nSPS) is 30.2. The van der Waals surface area contributed by atoms with Gasteiger partial charge in [-0.3, -0.25) is 4.79 Å². The van der Waals surface area contributed by atoms with Gasteiger partial charge in [0.15, 0.2) is 0 Å². The van der Waals surface area contributed by atoms with Crippen molar-refractivity contribution >= 4 is 16.2 Å². The third-order valence-electron chi connectivity index (χ3n) is 4.17. The number of nitrogens with one attached hydrogen (secondary N) is 1. The molecule has 8 heteroatoms. The van der Waals surface area contributed by atoms with E-state index in [2.05, 4.69) is 4.72 Å². The standard InChI is InChI=1S/C12H22N2O5S/c15-11-4-2-1-3-10(11)13-20(18,19)14-7-5-9(6-8-14)12(16)17/h9-11,13,15H,1-8H2,(H,16,17)/t10-,11-/m1/s1. The molecule has 0 aromatic rings. The van der Waals surface area contributed by atoms with Gasteiger partial charge in [0.05, 0.1) is 12.0 Å². The average molecular weight is 306 g/mol. The van der Waals surface area contributed by atoms with Crippen LogP contribution in [0.1, 0.15) is 38.5 Å². The van der Waals surface area contributed by atoms with Gasteiger partial charge >= 0.3 is 5.97 Å². The largest absolute Gasteiger partial charge is 0.481 e. The Morgan fingerprint density at radius 1 is 1.10 bits per heavy atom. The molecule has 7 nitrogen and oxygen atoms in total. The first-order chi connectivity index (χ1) is 9.40. The van der Waals surface area contributed by atoms with E-state index in [0.29, 0.717) is 25.7 Å². The SMILES string of the molecule is O=C(O)C1CCN(S(=O)(=O)N[C@@H]2CCCC[C@H]2O)CC1. The molecule has 2 rings (SSSR count). The second-order valence-electron chi connectivity index (χ2n) is 5.59. The van der Waals surface area contributed by atoms with Crippen LogP contribution in [0.5, 0.6) is 0 Å². The number of rotatable bonds is 4. The maximum atomic E-state index is 12.2. The van der Waals surface area contributed by atoms with Gasteiger partial charge in [-0.25, -0.2) is 0 Å². The predicted molar refractivity (Wildman–Crippen MR) is 72.3 cm³/mol. The summed E-state index contributed by atoms with van der Waals surface area (Å²) < 4.78 is 28.3. The number of hydrogen-bond acceptors (Lipinski definition) is 4. The number of carboxylic acids is 1. The molecule has 1 saturated carbocycles. The van der Waals surface area contributed by atoms with E-state index in [-0.39, 0.29) is 13.1 Å². The summed E-state index contributed by atoms with van der Waals surface area (Å²) >= 11 is 0. The lowest BCUT2D eigenvalue weighted by Crippen LogP contribution is -2.52. The quantitative estimate of drug-likeness (QED) is 0.673. The number of aliphatic hydroxyl groups is 1. The molecule has 1 saturated heterocycles. The van der Waals surface area contributed by atoms with Gasteiger partial charge in [0.1, 0.15) is 0 Å². The molecule has 0 amide bonds. The van der Waals surface area contributed by atoms with Crippen molar-refractivity contribution in [2.24, 2.45) is 5.92 Å². The fraction of sp³-hybridized carbons (Fsp3) is 0.917. The molecule has 1 aliphatic heterocycles. The lowest BCUT2D eigenvalue weighted by Gasteiger charge is -2.33. The van der Waals surface area contributed by atoms with Gasteiger partial charge in [-0.1, -0.05) is 12.8 Å². The number of hydrogen-bond donors (Lipinski definition) is 3. The van der Waals surface area contributed by atoms with Crippen LogP contribution < -0.4 is 4.72 Å². The molecule has 2 atom stereocenters. The first kappa shape index (κ1) is 15.7. The highest BCUT2D eigenvalue weighted by Gasteiger charge is 2.34. The Hall–Kier alpha value is -0.700. The number of aliphatic hydroxyl groups excluding tert-OH is 1. The molecular weight excluding hydrogens is 284 g/mol. The molecule has 116 valence electrons. The monoisotopic (exact) mass is 306 g/mol. The van der Waals surface area contributed by atoms with Crippen LogP contribution in [-0.4, -0.2) is 54.1 Å². The van der Waals surface area contributed by atoms with Crippen LogP contribution in [0.25, 0.3) is 0 Å². The van der Waals surface area contributed by atoms with Crippen LogP contribution in [0.15, 0.2) is 0 Å². The Bertz CT molecular complexity index is 445. The minimum absolute atomic E-state index is 0.217. The minimum Gasteiger partial charge on any atom is -0.481 e. The van der Waals surface area contributed by atoms with Gasteiger partial charge in [-0.15, -0.1) is 0 Å². The van der Waals surface area contributed by atoms with E-state index in [9.17, 15) is 18.3 Å². The predicted octanol–water partition coefficient (Wildman–Crippen LogP) is -0.0791. The maximum Gasteiger partial charge on any atom is 0.306 e. The van der Waals surface area contributed by atoms with Crippen molar-refractivity contribution < 1.29 is 23.4 Å². The van der Waals surface area contributed by atoms with E-state index >= 15 is 0 Å². The number of carbonyl (C=O) groups is 1. The molecular formula is C12H22N2O5S. The lowest BCUT2D eigenvalue weighted by atomic mass is 9.93. The van der Waals surface area contributed by atoms with Gasteiger partial charge < -0.3 is 10.2 Å². The molecule has 0 aromatic carbocycles. The second kappa shape index (κ2) is 6.38. The molecule has 0 radical (unpaired) electrons. The van der Waals surface area contributed by atoms with Crippen molar-refractivity contribution in [3.63, 3.8) is 0 Å². The van der Waals surface area contributed by atoms with Crippen LogP contribution in [0.3, 0.4) is 0 Å². The van der Waals surface area contributed by atoms with Crippen molar-refractivity contribution in [2.75, 3.05) is 13.1 Å². The van der Waals surface area contributed by atoms with Gasteiger partial charge in [-0.05, 0) is 25.7 Å². The fourth-order valence-electron chi connectivity index (χ4n) is 2.86. The zero-order chi connectivity index (χ0) is 14.8. The van der Waals surface area contributed by atoms with E-state index < -0.39 is 34.2 Å². The Morgan fingerprint density at radius 3 is 2.25 bits per heavy atom. The topological polar surface area (TPSA) is 107 Å². The van der Waals surface area contributed by atoms with Crippen molar-refractivity contribution in [3.8, 4) is 0 Å². The molecule has 1 aliphatic carbocycles. The zero-order valence-electron chi connectivity index (χ0n) is 11.4. The summed E-state index contributed by atoms with van der Waals surface area (Å²) in [5.41, 5.74) is 0. The van der Waals surface area contributed by atoms with Gasteiger partial charge in [0, 0.05) is 19.1 Å². The van der Waals surface area contributed by atoms with Crippen molar-refractivity contribution in [3.05, 3.63) is 0 Å². The van der Waals surface area contributed by atoms with E-state index in [1.165, 1.54) is 4.31 Å². The highest BCUT2D eigenvalue weighted by atomic mass is 32.2. The molecule has 0 bridgehead atoms. The first-order valence-corrected chi connectivity index (χ1v) is 8.52. The number of piperidine rings is 1. The average Bonchev–Trinajstić information content (AvgIpc) is 2.41. The first-order valence-electron chi connectivity index (χ1n) is 7.08. The highest BCUT2D eigenvalue weighted by molar-refractivity contribution is 7.87. The molecule has 1 heterocycles. The molecule has 3 N–H and O–H groups in total. The molecule has 2 fully saturated rings. The summed E-state index contributed by atoms with van der Waals surface area (Å²) in [5.74, 6) is -1.32. The third-order valence-corrected chi connectivity index (χ3v) is 5.82.